The average molecular weight is 504 g/mol. The topological polar surface area (TPSA) is 120 Å². The van der Waals surface area contributed by atoms with E-state index in [0.29, 0.717) is 11.8 Å². The molecule has 0 bridgehead atoms. The third kappa shape index (κ3) is 4.78. The van der Waals surface area contributed by atoms with Gasteiger partial charge in [-0.3, -0.25) is 4.99 Å². The molecule has 1 aromatic heterocycles. The third-order valence-corrected chi connectivity index (χ3v) is 8.78. The molecule has 3 aromatic rings. The van der Waals surface area contributed by atoms with Crippen molar-refractivity contribution >= 4 is 39.0 Å². The van der Waals surface area contributed by atoms with Crippen LogP contribution in [0.4, 0.5) is 23.1 Å². The number of aryl methyl sites for hydroxylation is 2. The first-order valence-electron chi connectivity index (χ1n) is 12.3. The van der Waals surface area contributed by atoms with E-state index >= 15 is 0 Å². The van der Waals surface area contributed by atoms with Gasteiger partial charge in [0.2, 0.25) is 16.0 Å². The molecule has 36 heavy (non-hydrogen) atoms. The van der Waals surface area contributed by atoms with Crippen molar-refractivity contribution < 1.29 is 8.42 Å². The summed E-state index contributed by atoms with van der Waals surface area (Å²) < 4.78 is 27.9. The van der Waals surface area contributed by atoms with Crippen molar-refractivity contribution in [1.82, 2.24) is 20.0 Å². The summed E-state index contributed by atoms with van der Waals surface area (Å²) in [6.07, 6.45) is 4.96. The number of benzene rings is 2. The number of aromatic nitrogens is 2. The number of anilines is 4. The van der Waals surface area contributed by atoms with E-state index in [4.69, 9.17) is 0 Å². The molecule has 1 unspecified atom stereocenters. The van der Waals surface area contributed by atoms with E-state index in [1.54, 1.807) is 6.20 Å². The van der Waals surface area contributed by atoms with E-state index in [0.717, 1.165) is 72.7 Å². The summed E-state index contributed by atoms with van der Waals surface area (Å²) in [5.74, 6) is 2.11. The standard InChI is InChI=1S/C26H29N7O2S/c1-16-15-29-26(31-19-6-3-18(4-7-19)25-27-12-13-28-25)32-24(16)30-20-8-2-17-5-11-23(22(17)14-20)33-36(34,35)21-9-10-21/h2-4,6-8,14-15,21,23,33H,5,9-13H2,1H3,(H,27,28)(H2,29,30,31,32). The molecule has 2 aliphatic carbocycles. The maximum absolute atomic E-state index is 12.5. The minimum Gasteiger partial charge on any atom is -0.368 e. The van der Waals surface area contributed by atoms with Gasteiger partial charge in [-0.1, -0.05) is 6.07 Å². The minimum atomic E-state index is -3.24. The van der Waals surface area contributed by atoms with Crippen LogP contribution in [0.3, 0.4) is 0 Å². The van der Waals surface area contributed by atoms with E-state index in [1.807, 2.05) is 43.3 Å². The normalized spacial score (nSPS) is 18.9. The Morgan fingerprint density at radius 3 is 2.56 bits per heavy atom. The summed E-state index contributed by atoms with van der Waals surface area (Å²) in [4.78, 5) is 13.6. The summed E-state index contributed by atoms with van der Waals surface area (Å²) in [6, 6.07) is 14.0. The Hall–Kier alpha value is -3.50. The molecular weight excluding hydrogens is 474 g/mol. The van der Waals surface area contributed by atoms with Crippen LogP contribution in [0.1, 0.15) is 47.6 Å². The first kappa shape index (κ1) is 22.9. The fourth-order valence-electron chi connectivity index (χ4n) is 4.67. The SMILES string of the molecule is Cc1cnc(Nc2ccc(C3=NCCN3)cc2)nc1Nc1ccc2c(c1)C(NS(=O)(=O)C1CC1)CC2. The minimum absolute atomic E-state index is 0.176. The van der Waals surface area contributed by atoms with Gasteiger partial charge in [-0.05, 0) is 80.1 Å². The molecule has 0 radical (unpaired) electrons. The van der Waals surface area contributed by atoms with Crippen molar-refractivity contribution in [3.05, 3.63) is 70.9 Å². The quantitative estimate of drug-likeness (QED) is 0.370. The molecule has 186 valence electrons. The summed E-state index contributed by atoms with van der Waals surface area (Å²) in [5.41, 5.74) is 5.94. The van der Waals surface area contributed by atoms with Crippen LogP contribution in [-0.2, 0) is 16.4 Å². The van der Waals surface area contributed by atoms with Gasteiger partial charge >= 0.3 is 0 Å². The number of aliphatic imine (C=N–C) groups is 1. The second-order valence-electron chi connectivity index (χ2n) is 9.58. The molecule has 10 heteroatoms. The monoisotopic (exact) mass is 503 g/mol. The molecule has 0 saturated heterocycles. The molecule has 1 fully saturated rings. The lowest BCUT2D eigenvalue weighted by Gasteiger charge is -2.16. The highest BCUT2D eigenvalue weighted by Crippen LogP contribution is 2.37. The Labute approximate surface area is 210 Å². The molecular formula is C26H29N7O2S. The predicted molar refractivity (Wildman–Crippen MR) is 142 cm³/mol. The van der Waals surface area contributed by atoms with Crippen LogP contribution >= 0.6 is 0 Å². The van der Waals surface area contributed by atoms with Gasteiger partial charge in [0.25, 0.3) is 0 Å². The van der Waals surface area contributed by atoms with Gasteiger partial charge < -0.3 is 16.0 Å². The van der Waals surface area contributed by atoms with Crippen LogP contribution in [0.25, 0.3) is 0 Å². The van der Waals surface area contributed by atoms with Crippen molar-refractivity contribution in [3.8, 4) is 0 Å². The van der Waals surface area contributed by atoms with Gasteiger partial charge in [0.05, 0.1) is 11.8 Å². The van der Waals surface area contributed by atoms with Crippen LogP contribution in [0.15, 0.2) is 53.7 Å². The Bertz CT molecular complexity index is 1430. The number of rotatable bonds is 8. The van der Waals surface area contributed by atoms with Gasteiger partial charge in [0, 0.05) is 41.3 Å². The lowest BCUT2D eigenvalue weighted by atomic mass is 10.1. The molecule has 0 spiro atoms. The number of amidine groups is 1. The Balaban J connectivity index is 1.17. The smallest absolute Gasteiger partial charge is 0.229 e. The molecule has 1 aliphatic heterocycles. The molecule has 1 saturated carbocycles. The van der Waals surface area contributed by atoms with Crippen LogP contribution in [0.2, 0.25) is 0 Å². The summed E-state index contributed by atoms with van der Waals surface area (Å²) in [5, 5.41) is 9.73. The van der Waals surface area contributed by atoms with Crippen molar-refractivity contribution in [3.63, 3.8) is 0 Å². The van der Waals surface area contributed by atoms with Gasteiger partial charge in [-0.2, -0.15) is 4.98 Å². The number of nitrogens with zero attached hydrogens (tertiary/aromatic N) is 3. The van der Waals surface area contributed by atoms with Crippen molar-refractivity contribution in [2.75, 3.05) is 23.7 Å². The largest absolute Gasteiger partial charge is 0.368 e. The Kier molecular flexibility index (Phi) is 5.85. The molecule has 4 N–H and O–H groups in total. The van der Waals surface area contributed by atoms with E-state index in [2.05, 4.69) is 41.7 Å². The number of fused-ring (bicyclic) bond motifs is 1. The fourth-order valence-corrected chi connectivity index (χ4v) is 6.26. The third-order valence-electron chi connectivity index (χ3n) is 6.82. The second kappa shape index (κ2) is 9.18. The van der Waals surface area contributed by atoms with Crippen molar-refractivity contribution in [2.24, 2.45) is 4.99 Å². The maximum atomic E-state index is 12.5. The first-order valence-corrected chi connectivity index (χ1v) is 13.9. The maximum Gasteiger partial charge on any atom is 0.229 e. The molecule has 3 aliphatic rings. The van der Waals surface area contributed by atoms with Gasteiger partial charge in [-0.25, -0.2) is 18.1 Å². The lowest BCUT2D eigenvalue weighted by Crippen LogP contribution is -2.30. The molecule has 6 rings (SSSR count). The molecule has 1 atom stereocenters. The lowest BCUT2D eigenvalue weighted by molar-refractivity contribution is 0.553. The van der Waals surface area contributed by atoms with Gasteiger partial charge in [-0.15, -0.1) is 0 Å². The van der Waals surface area contributed by atoms with E-state index in [-0.39, 0.29) is 11.3 Å². The van der Waals surface area contributed by atoms with Gasteiger partial charge in [0.1, 0.15) is 11.7 Å². The zero-order chi connectivity index (χ0) is 24.7. The highest BCUT2D eigenvalue weighted by molar-refractivity contribution is 7.90. The number of hydrogen-bond acceptors (Lipinski definition) is 8. The Morgan fingerprint density at radius 1 is 1.00 bits per heavy atom. The van der Waals surface area contributed by atoms with Crippen LogP contribution in [0, 0.1) is 6.92 Å². The van der Waals surface area contributed by atoms with E-state index < -0.39 is 10.0 Å². The number of nitrogens with one attached hydrogen (secondary N) is 4. The molecule has 2 heterocycles. The average Bonchev–Trinajstić information content (AvgIpc) is 3.48. The number of hydrogen-bond donors (Lipinski definition) is 4. The van der Waals surface area contributed by atoms with E-state index in [1.165, 1.54) is 5.56 Å². The summed E-state index contributed by atoms with van der Waals surface area (Å²) in [6.45, 7) is 3.64. The molecule has 2 aromatic carbocycles. The highest BCUT2D eigenvalue weighted by Gasteiger charge is 2.38. The predicted octanol–water partition coefficient (Wildman–Crippen LogP) is 3.69. The van der Waals surface area contributed by atoms with Crippen LogP contribution in [0.5, 0.6) is 0 Å². The molecule has 9 nitrogen and oxygen atoms in total. The Morgan fingerprint density at radius 2 is 1.81 bits per heavy atom. The van der Waals surface area contributed by atoms with Crippen molar-refractivity contribution in [2.45, 2.75) is 43.9 Å². The number of sulfonamides is 1. The first-order chi connectivity index (χ1) is 17.4. The van der Waals surface area contributed by atoms with Gasteiger partial charge in [0.15, 0.2) is 0 Å². The van der Waals surface area contributed by atoms with Crippen LogP contribution in [-0.4, -0.2) is 42.6 Å². The zero-order valence-corrected chi connectivity index (χ0v) is 20.9. The van der Waals surface area contributed by atoms with E-state index in [9.17, 15) is 8.42 Å². The zero-order valence-electron chi connectivity index (χ0n) is 20.1. The summed E-state index contributed by atoms with van der Waals surface area (Å²) in [7, 11) is -3.24. The fraction of sp³-hybridized carbons (Fsp3) is 0.346. The molecule has 0 amide bonds. The van der Waals surface area contributed by atoms with Crippen molar-refractivity contribution in [1.29, 1.82) is 0 Å². The van der Waals surface area contributed by atoms with Crippen LogP contribution < -0.4 is 20.7 Å². The summed E-state index contributed by atoms with van der Waals surface area (Å²) >= 11 is 0. The second-order valence-corrected chi connectivity index (χ2v) is 11.6. The highest BCUT2D eigenvalue weighted by atomic mass is 32.2.